The summed E-state index contributed by atoms with van der Waals surface area (Å²) in [6.07, 6.45) is -5.70. The van der Waals surface area contributed by atoms with E-state index >= 15 is 0 Å². The maximum atomic E-state index is 12.6. The number of aliphatic hydroxyl groups is 4. The van der Waals surface area contributed by atoms with Crippen LogP contribution in [0.5, 0.6) is 0 Å². The van der Waals surface area contributed by atoms with E-state index in [1.54, 1.807) is 4.90 Å². The molecule has 1 saturated heterocycles. The number of alkyl halides is 3. The van der Waals surface area contributed by atoms with Gasteiger partial charge in [-0.05, 0) is 44.6 Å². The summed E-state index contributed by atoms with van der Waals surface area (Å²) < 4.78 is 37.9. The van der Waals surface area contributed by atoms with E-state index in [9.17, 15) is 33.6 Å². The van der Waals surface area contributed by atoms with Gasteiger partial charge in [0.25, 0.3) is 0 Å². The minimum atomic E-state index is -4.11. The smallest absolute Gasteiger partial charge is 0.391 e. The molecule has 0 aromatic rings. The number of hydrogen-bond donors (Lipinski definition) is 4. The normalized spacial score (nSPS) is 40.3. The van der Waals surface area contributed by atoms with Crippen molar-refractivity contribution in [1.82, 2.24) is 4.90 Å². The SMILES string of the molecule is OCC1C(O)C(O)C(O)CN1CCC1CCC(C(F)(F)F)CC1. The molecule has 1 aliphatic heterocycles. The highest BCUT2D eigenvalue weighted by Gasteiger charge is 2.43. The fourth-order valence-corrected chi connectivity index (χ4v) is 3.76. The topological polar surface area (TPSA) is 84.2 Å². The lowest BCUT2D eigenvalue weighted by Gasteiger charge is -2.43. The molecule has 0 aromatic carbocycles. The van der Waals surface area contributed by atoms with Gasteiger partial charge >= 0.3 is 6.18 Å². The van der Waals surface area contributed by atoms with Gasteiger partial charge in [0.05, 0.1) is 24.7 Å². The monoisotopic (exact) mass is 341 g/mol. The van der Waals surface area contributed by atoms with Gasteiger partial charge in [0, 0.05) is 6.54 Å². The molecule has 8 heteroatoms. The molecule has 23 heavy (non-hydrogen) atoms. The largest absolute Gasteiger partial charge is 0.395 e. The molecule has 1 aliphatic carbocycles. The third kappa shape index (κ3) is 4.57. The van der Waals surface area contributed by atoms with Gasteiger partial charge < -0.3 is 20.4 Å². The molecular formula is C15H26F3NO4. The summed E-state index contributed by atoms with van der Waals surface area (Å²) in [5.41, 5.74) is 0. The van der Waals surface area contributed by atoms with E-state index in [2.05, 4.69) is 0 Å². The van der Waals surface area contributed by atoms with E-state index in [0.717, 1.165) is 0 Å². The fraction of sp³-hybridized carbons (Fsp3) is 1.00. The van der Waals surface area contributed by atoms with E-state index in [1.807, 2.05) is 0 Å². The van der Waals surface area contributed by atoms with Gasteiger partial charge in [-0.15, -0.1) is 0 Å². The zero-order chi connectivity index (χ0) is 17.2. The molecule has 2 rings (SSSR count). The number of β-amino-alcohol motifs (C(OH)–C–C–N with tert-alkyl or cyclic N) is 1. The molecule has 0 radical (unpaired) electrons. The maximum absolute atomic E-state index is 12.6. The molecule has 4 atom stereocenters. The Balaban J connectivity index is 1.81. The van der Waals surface area contributed by atoms with Crippen molar-refractivity contribution in [2.75, 3.05) is 19.7 Å². The fourth-order valence-electron chi connectivity index (χ4n) is 3.76. The Morgan fingerprint density at radius 3 is 2.09 bits per heavy atom. The predicted octanol–water partition coefficient (Wildman–Crippen LogP) is 0.504. The number of aliphatic hydroxyl groups excluding tert-OH is 4. The van der Waals surface area contributed by atoms with Crippen molar-refractivity contribution in [1.29, 1.82) is 0 Å². The zero-order valence-electron chi connectivity index (χ0n) is 13.0. The van der Waals surface area contributed by atoms with Crippen LogP contribution in [0.3, 0.4) is 0 Å². The van der Waals surface area contributed by atoms with Gasteiger partial charge in [0.2, 0.25) is 0 Å². The van der Waals surface area contributed by atoms with Gasteiger partial charge in [-0.25, -0.2) is 0 Å². The summed E-state index contributed by atoms with van der Waals surface area (Å²) in [6, 6.07) is -0.653. The molecule has 5 nitrogen and oxygen atoms in total. The standard InChI is InChI=1S/C15H26F3NO4/c16-15(17,18)10-3-1-9(2-4-10)5-6-19-7-12(21)14(23)13(22)11(19)8-20/h9-14,20-23H,1-8H2. The molecule has 4 unspecified atom stereocenters. The number of hydrogen-bond acceptors (Lipinski definition) is 5. The van der Waals surface area contributed by atoms with Crippen LogP contribution >= 0.6 is 0 Å². The first kappa shape index (κ1) is 18.9. The Morgan fingerprint density at radius 1 is 0.957 bits per heavy atom. The Kier molecular flexibility index (Phi) is 6.29. The summed E-state index contributed by atoms with van der Waals surface area (Å²) in [7, 11) is 0. The molecule has 1 saturated carbocycles. The van der Waals surface area contributed by atoms with Crippen molar-refractivity contribution in [3.63, 3.8) is 0 Å². The van der Waals surface area contributed by atoms with Crippen LogP contribution in [0, 0.1) is 11.8 Å². The van der Waals surface area contributed by atoms with E-state index in [4.69, 9.17) is 0 Å². The van der Waals surface area contributed by atoms with Crippen molar-refractivity contribution in [3.05, 3.63) is 0 Å². The van der Waals surface area contributed by atoms with Crippen molar-refractivity contribution in [3.8, 4) is 0 Å². The van der Waals surface area contributed by atoms with Crippen LogP contribution in [0.15, 0.2) is 0 Å². The maximum Gasteiger partial charge on any atom is 0.391 e. The molecule has 0 aromatic heterocycles. The first-order valence-electron chi connectivity index (χ1n) is 8.19. The first-order valence-corrected chi connectivity index (χ1v) is 8.19. The summed E-state index contributed by atoms with van der Waals surface area (Å²) in [5, 5.41) is 38.7. The van der Waals surface area contributed by atoms with Crippen LogP contribution in [-0.4, -0.2) is 75.6 Å². The third-order valence-corrected chi connectivity index (χ3v) is 5.35. The lowest BCUT2D eigenvalue weighted by molar-refractivity contribution is -0.184. The summed E-state index contributed by atoms with van der Waals surface area (Å²) in [4.78, 5) is 1.72. The molecular weight excluding hydrogens is 315 g/mol. The van der Waals surface area contributed by atoms with Crippen molar-refractivity contribution < 1.29 is 33.6 Å². The van der Waals surface area contributed by atoms with Crippen LogP contribution in [-0.2, 0) is 0 Å². The van der Waals surface area contributed by atoms with Gasteiger partial charge in [0.15, 0.2) is 0 Å². The van der Waals surface area contributed by atoms with Crippen LogP contribution < -0.4 is 0 Å². The van der Waals surface area contributed by atoms with Crippen LogP contribution in [0.4, 0.5) is 13.2 Å². The zero-order valence-corrected chi connectivity index (χ0v) is 13.0. The van der Waals surface area contributed by atoms with Crippen molar-refractivity contribution in [2.45, 2.75) is 62.6 Å². The van der Waals surface area contributed by atoms with Gasteiger partial charge in [-0.2, -0.15) is 13.2 Å². The molecule has 1 heterocycles. The van der Waals surface area contributed by atoms with Crippen LogP contribution in [0.25, 0.3) is 0 Å². The Bertz CT molecular complexity index is 374. The first-order chi connectivity index (χ1) is 10.7. The molecule has 0 bridgehead atoms. The van der Waals surface area contributed by atoms with E-state index in [0.29, 0.717) is 25.8 Å². The molecule has 2 fully saturated rings. The van der Waals surface area contributed by atoms with Crippen molar-refractivity contribution >= 4 is 0 Å². The summed E-state index contributed by atoms with van der Waals surface area (Å²) in [5.74, 6) is -1.01. The number of likely N-dealkylation sites (tertiary alicyclic amines) is 1. The average Bonchev–Trinajstić information content (AvgIpc) is 2.50. The Hall–Kier alpha value is -0.410. The van der Waals surface area contributed by atoms with Crippen LogP contribution in [0.1, 0.15) is 32.1 Å². The second-order valence-electron chi connectivity index (χ2n) is 6.84. The van der Waals surface area contributed by atoms with E-state index < -0.39 is 36.4 Å². The molecule has 0 spiro atoms. The lowest BCUT2D eigenvalue weighted by atomic mass is 9.80. The van der Waals surface area contributed by atoms with E-state index in [1.165, 1.54) is 0 Å². The lowest BCUT2D eigenvalue weighted by Crippen LogP contribution is -2.62. The highest BCUT2D eigenvalue weighted by molar-refractivity contribution is 4.94. The number of halogens is 3. The highest BCUT2D eigenvalue weighted by Crippen LogP contribution is 2.40. The quantitative estimate of drug-likeness (QED) is 0.599. The van der Waals surface area contributed by atoms with Gasteiger partial charge in [-0.3, -0.25) is 4.90 Å². The second kappa shape index (κ2) is 7.65. The third-order valence-electron chi connectivity index (χ3n) is 5.35. The number of rotatable bonds is 4. The molecule has 136 valence electrons. The molecule has 4 N–H and O–H groups in total. The Labute approximate surface area is 133 Å². The molecule has 0 amide bonds. The van der Waals surface area contributed by atoms with Crippen molar-refractivity contribution in [2.24, 2.45) is 11.8 Å². The highest BCUT2D eigenvalue weighted by atomic mass is 19.4. The van der Waals surface area contributed by atoms with Gasteiger partial charge in [0.1, 0.15) is 12.2 Å². The Morgan fingerprint density at radius 2 is 1.57 bits per heavy atom. The second-order valence-corrected chi connectivity index (χ2v) is 6.84. The number of nitrogens with zero attached hydrogens (tertiary/aromatic N) is 1. The summed E-state index contributed by atoms with van der Waals surface area (Å²) >= 11 is 0. The summed E-state index contributed by atoms with van der Waals surface area (Å²) in [6.45, 7) is 0.278. The average molecular weight is 341 g/mol. The predicted molar refractivity (Wildman–Crippen MR) is 76.6 cm³/mol. The molecule has 2 aliphatic rings. The minimum absolute atomic E-state index is 0.140. The van der Waals surface area contributed by atoms with E-state index in [-0.39, 0.29) is 31.9 Å². The number of piperidine rings is 1. The minimum Gasteiger partial charge on any atom is -0.395 e. The van der Waals surface area contributed by atoms with Gasteiger partial charge in [-0.1, -0.05) is 0 Å². The van der Waals surface area contributed by atoms with Crippen LogP contribution in [0.2, 0.25) is 0 Å².